The number of imidazole rings is 1. The van der Waals surface area contributed by atoms with Gasteiger partial charge in [-0.1, -0.05) is 6.07 Å². The first-order valence-corrected chi connectivity index (χ1v) is 12.4. The number of aryl methyl sites for hydroxylation is 1. The van der Waals surface area contributed by atoms with Gasteiger partial charge in [-0.05, 0) is 61.7 Å². The topological polar surface area (TPSA) is 114 Å². The Balaban J connectivity index is 1.56. The molecule has 2 aliphatic rings. The van der Waals surface area contributed by atoms with E-state index in [1.807, 2.05) is 17.7 Å². The average Bonchev–Trinajstić information content (AvgIpc) is 3.59. The molecule has 0 spiro atoms. The Bertz CT molecular complexity index is 1360. The minimum atomic E-state index is -0.842. The van der Waals surface area contributed by atoms with Gasteiger partial charge >= 0.3 is 0 Å². The summed E-state index contributed by atoms with van der Waals surface area (Å²) in [6, 6.07) is 9.16. The lowest BCUT2D eigenvalue weighted by atomic mass is 9.94. The molecule has 0 bridgehead atoms. The Morgan fingerprint density at radius 2 is 2.03 bits per heavy atom. The van der Waals surface area contributed by atoms with Crippen molar-refractivity contribution in [3.63, 3.8) is 0 Å². The van der Waals surface area contributed by atoms with Gasteiger partial charge in [0.25, 0.3) is 11.7 Å². The molecule has 1 saturated heterocycles. The predicted molar refractivity (Wildman–Crippen MR) is 135 cm³/mol. The normalized spacial score (nSPS) is 20.2. The smallest absolute Gasteiger partial charge is 0.295 e. The van der Waals surface area contributed by atoms with Gasteiger partial charge in [0.2, 0.25) is 0 Å². The quantitative estimate of drug-likeness (QED) is 0.273. The third-order valence-corrected chi connectivity index (χ3v) is 6.68. The minimum Gasteiger partial charge on any atom is -0.507 e. The average molecular weight is 504 g/mol. The number of fused-ring (bicyclic) bond motifs is 1. The lowest BCUT2D eigenvalue weighted by Gasteiger charge is -2.26. The molecular weight excluding hydrogens is 474 g/mol. The Labute approximate surface area is 214 Å². The monoisotopic (exact) mass is 503 g/mol. The van der Waals surface area contributed by atoms with Crippen molar-refractivity contribution in [2.24, 2.45) is 0 Å². The zero-order valence-electron chi connectivity index (χ0n) is 20.8. The van der Waals surface area contributed by atoms with Crippen LogP contribution in [0, 0.1) is 0 Å². The number of ether oxygens (including phenoxy) is 2. The molecule has 2 aromatic carbocycles. The second-order valence-electron chi connectivity index (χ2n) is 9.26. The standard InChI is InChI=1S/C28H29N3O6/c1-3-36-23-15-18(5-7-21(23)32)25-24(26(33)19-6-8-22-20(14-19)13-17(2)37-22)27(34)28(35)31(25)11-4-10-30-12-9-29-16-30/h5-9,12,14-17,25,32-33H,3-4,10-11,13H2,1-2H3/b26-24+. The van der Waals surface area contributed by atoms with Gasteiger partial charge in [-0.15, -0.1) is 0 Å². The summed E-state index contributed by atoms with van der Waals surface area (Å²) in [4.78, 5) is 32.1. The van der Waals surface area contributed by atoms with E-state index in [1.165, 1.54) is 11.0 Å². The summed E-state index contributed by atoms with van der Waals surface area (Å²) in [6.45, 7) is 4.99. The van der Waals surface area contributed by atoms with Crippen molar-refractivity contribution in [1.29, 1.82) is 0 Å². The molecule has 1 aromatic heterocycles. The highest BCUT2D eigenvalue weighted by Crippen LogP contribution is 2.42. The van der Waals surface area contributed by atoms with Gasteiger partial charge in [0.15, 0.2) is 11.5 Å². The van der Waals surface area contributed by atoms with E-state index in [-0.39, 0.29) is 35.5 Å². The van der Waals surface area contributed by atoms with Gasteiger partial charge in [0.05, 0.1) is 24.5 Å². The highest BCUT2D eigenvalue weighted by atomic mass is 16.5. The van der Waals surface area contributed by atoms with E-state index in [1.54, 1.807) is 49.8 Å². The summed E-state index contributed by atoms with van der Waals surface area (Å²) in [5.74, 6) is -0.722. The Morgan fingerprint density at radius 3 is 2.78 bits per heavy atom. The maximum absolute atomic E-state index is 13.3. The number of aromatic hydroxyl groups is 1. The molecular formula is C28H29N3O6. The Hall–Kier alpha value is -4.27. The van der Waals surface area contributed by atoms with Crippen molar-refractivity contribution in [2.45, 2.75) is 45.4 Å². The van der Waals surface area contributed by atoms with Gasteiger partial charge in [-0.2, -0.15) is 0 Å². The van der Waals surface area contributed by atoms with Crippen molar-refractivity contribution < 1.29 is 29.3 Å². The molecule has 192 valence electrons. The molecule has 37 heavy (non-hydrogen) atoms. The van der Waals surface area contributed by atoms with Crippen LogP contribution >= 0.6 is 0 Å². The highest BCUT2D eigenvalue weighted by Gasteiger charge is 2.46. The van der Waals surface area contributed by atoms with E-state index in [2.05, 4.69) is 4.98 Å². The maximum atomic E-state index is 13.3. The van der Waals surface area contributed by atoms with Crippen LogP contribution in [-0.4, -0.2) is 55.6 Å². The summed E-state index contributed by atoms with van der Waals surface area (Å²) < 4.78 is 13.2. The van der Waals surface area contributed by atoms with Gasteiger partial charge in [0.1, 0.15) is 17.6 Å². The summed E-state index contributed by atoms with van der Waals surface area (Å²) in [7, 11) is 0. The molecule has 1 fully saturated rings. The fraction of sp³-hybridized carbons (Fsp3) is 0.321. The molecule has 2 unspecified atom stereocenters. The second kappa shape index (κ2) is 10.0. The lowest BCUT2D eigenvalue weighted by Crippen LogP contribution is -2.31. The number of ketones is 1. The van der Waals surface area contributed by atoms with E-state index in [0.717, 1.165) is 11.3 Å². The van der Waals surface area contributed by atoms with Crippen molar-refractivity contribution in [3.05, 3.63) is 77.4 Å². The van der Waals surface area contributed by atoms with Crippen LogP contribution in [0.2, 0.25) is 0 Å². The van der Waals surface area contributed by atoms with Crippen LogP contribution in [0.25, 0.3) is 5.76 Å². The molecule has 2 aliphatic heterocycles. The summed E-state index contributed by atoms with van der Waals surface area (Å²) in [6.07, 6.45) is 6.50. The Kier molecular flexibility index (Phi) is 6.60. The molecule has 2 atom stereocenters. The van der Waals surface area contributed by atoms with Crippen LogP contribution in [0.15, 0.2) is 60.7 Å². The number of nitrogens with zero attached hydrogens (tertiary/aromatic N) is 3. The first kappa shape index (κ1) is 24.4. The van der Waals surface area contributed by atoms with Crippen LogP contribution in [-0.2, 0) is 22.6 Å². The van der Waals surface area contributed by atoms with Gasteiger partial charge in [0, 0.05) is 37.5 Å². The van der Waals surface area contributed by atoms with Crippen molar-refractivity contribution >= 4 is 17.4 Å². The van der Waals surface area contributed by atoms with Crippen LogP contribution < -0.4 is 9.47 Å². The number of rotatable bonds is 8. The van der Waals surface area contributed by atoms with Gasteiger partial charge in [-0.25, -0.2) is 4.98 Å². The minimum absolute atomic E-state index is 0.00711. The summed E-state index contributed by atoms with van der Waals surface area (Å²) in [5.41, 5.74) is 1.95. The van der Waals surface area contributed by atoms with Crippen LogP contribution in [0.5, 0.6) is 17.2 Å². The number of Topliss-reactive ketones (excluding diaryl/α,β-unsaturated/α-hetero) is 1. The van der Waals surface area contributed by atoms with Gasteiger partial charge < -0.3 is 29.2 Å². The number of amides is 1. The molecule has 3 aromatic rings. The molecule has 0 saturated carbocycles. The van der Waals surface area contributed by atoms with E-state index < -0.39 is 17.7 Å². The Morgan fingerprint density at radius 1 is 1.19 bits per heavy atom. The fourth-order valence-electron chi connectivity index (χ4n) is 5.00. The second-order valence-corrected chi connectivity index (χ2v) is 9.26. The highest BCUT2D eigenvalue weighted by molar-refractivity contribution is 6.46. The third-order valence-electron chi connectivity index (χ3n) is 6.68. The number of benzene rings is 2. The summed E-state index contributed by atoms with van der Waals surface area (Å²) in [5, 5.41) is 21.6. The number of aromatic nitrogens is 2. The zero-order valence-corrected chi connectivity index (χ0v) is 20.8. The number of carbonyl (C=O) groups is 2. The molecule has 3 heterocycles. The molecule has 9 nitrogen and oxygen atoms in total. The number of hydrogen-bond acceptors (Lipinski definition) is 7. The molecule has 2 N–H and O–H groups in total. The maximum Gasteiger partial charge on any atom is 0.295 e. The molecule has 5 rings (SSSR count). The molecule has 0 aliphatic carbocycles. The van der Waals surface area contributed by atoms with Crippen molar-refractivity contribution in [2.75, 3.05) is 13.2 Å². The molecule has 0 radical (unpaired) electrons. The van der Waals surface area contributed by atoms with Crippen molar-refractivity contribution in [1.82, 2.24) is 14.5 Å². The number of phenols is 1. The third kappa shape index (κ3) is 4.64. The number of aliphatic hydroxyl groups excluding tert-OH is 1. The van der Waals surface area contributed by atoms with Gasteiger partial charge in [-0.3, -0.25) is 9.59 Å². The zero-order chi connectivity index (χ0) is 26.1. The van der Waals surface area contributed by atoms with E-state index >= 15 is 0 Å². The fourth-order valence-corrected chi connectivity index (χ4v) is 5.00. The number of phenolic OH excluding ortho intramolecular Hbond substituents is 1. The van der Waals surface area contributed by atoms with E-state index in [0.29, 0.717) is 37.1 Å². The largest absolute Gasteiger partial charge is 0.507 e. The predicted octanol–water partition coefficient (Wildman–Crippen LogP) is 3.82. The van der Waals surface area contributed by atoms with Crippen molar-refractivity contribution in [3.8, 4) is 17.2 Å². The van der Waals surface area contributed by atoms with E-state index in [9.17, 15) is 19.8 Å². The molecule has 1 amide bonds. The lowest BCUT2D eigenvalue weighted by molar-refractivity contribution is -0.139. The number of hydrogen-bond donors (Lipinski definition) is 2. The van der Waals surface area contributed by atoms with Crippen LogP contribution in [0.3, 0.4) is 0 Å². The first-order valence-electron chi connectivity index (χ1n) is 12.4. The number of likely N-dealkylation sites (tertiary alicyclic amines) is 1. The first-order chi connectivity index (χ1) is 17.9. The summed E-state index contributed by atoms with van der Waals surface area (Å²) >= 11 is 0. The number of carbonyl (C=O) groups excluding carboxylic acids is 2. The molecule has 9 heteroatoms. The SMILES string of the molecule is CCOc1cc(C2/C(=C(\O)c3ccc4c(c3)CC(C)O4)C(=O)C(=O)N2CCCn2ccnc2)ccc1O. The van der Waals surface area contributed by atoms with Crippen LogP contribution in [0.4, 0.5) is 0 Å². The van der Waals surface area contributed by atoms with E-state index in [4.69, 9.17) is 9.47 Å². The number of aliphatic hydroxyl groups is 1. The van der Waals surface area contributed by atoms with Crippen LogP contribution in [0.1, 0.15) is 43.0 Å².